The zero-order valence-corrected chi connectivity index (χ0v) is 16.2. The van der Waals surface area contributed by atoms with E-state index < -0.39 is 0 Å². The highest BCUT2D eigenvalue weighted by molar-refractivity contribution is 5.22. The van der Waals surface area contributed by atoms with Crippen molar-refractivity contribution in [1.29, 1.82) is 0 Å². The lowest BCUT2D eigenvalue weighted by atomic mass is 9.86. The Labute approximate surface area is 152 Å². The molecular formula is C22H33FN2. The Balaban J connectivity index is 2.98. The Morgan fingerprint density at radius 1 is 1.16 bits per heavy atom. The molecule has 2 unspecified atom stereocenters. The van der Waals surface area contributed by atoms with Gasteiger partial charge in [-0.1, -0.05) is 56.7 Å². The van der Waals surface area contributed by atoms with E-state index >= 15 is 0 Å². The minimum atomic E-state index is -0.205. The van der Waals surface area contributed by atoms with Crippen LogP contribution in [0.3, 0.4) is 0 Å². The molecule has 0 aliphatic rings. The largest absolute Gasteiger partial charge is 0.328 e. The van der Waals surface area contributed by atoms with Crippen LogP contribution >= 0.6 is 0 Å². The summed E-state index contributed by atoms with van der Waals surface area (Å²) in [6, 6.07) is 6.85. The molecule has 2 nitrogen and oxygen atoms in total. The van der Waals surface area contributed by atoms with Gasteiger partial charge in [0.1, 0.15) is 5.82 Å². The highest BCUT2D eigenvalue weighted by Gasteiger charge is 2.21. The maximum atomic E-state index is 13.3. The van der Waals surface area contributed by atoms with E-state index in [2.05, 4.69) is 57.6 Å². The third-order valence-corrected chi connectivity index (χ3v) is 3.87. The summed E-state index contributed by atoms with van der Waals surface area (Å²) >= 11 is 0. The zero-order valence-electron chi connectivity index (χ0n) is 16.2. The van der Waals surface area contributed by atoms with Gasteiger partial charge in [0.05, 0.1) is 6.04 Å². The summed E-state index contributed by atoms with van der Waals surface area (Å²) in [6.45, 7) is 10.7. The highest BCUT2D eigenvalue weighted by Crippen LogP contribution is 2.29. The van der Waals surface area contributed by atoms with Gasteiger partial charge in [0.2, 0.25) is 0 Å². The maximum Gasteiger partial charge on any atom is 0.123 e. The van der Waals surface area contributed by atoms with Crippen molar-refractivity contribution in [3.05, 3.63) is 71.7 Å². The van der Waals surface area contributed by atoms with E-state index in [-0.39, 0.29) is 11.9 Å². The van der Waals surface area contributed by atoms with E-state index in [4.69, 9.17) is 0 Å². The molecule has 0 heterocycles. The van der Waals surface area contributed by atoms with Gasteiger partial charge in [-0.25, -0.2) is 9.82 Å². The molecule has 0 saturated carbocycles. The summed E-state index contributed by atoms with van der Waals surface area (Å²) in [5.41, 5.74) is 8.91. The molecule has 138 valence electrons. The summed E-state index contributed by atoms with van der Waals surface area (Å²) in [7, 11) is 0. The maximum absolute atomic E-state index is 13.3. The molecule has 0 aliphatic heterocycles. The van der Waals surface area contributed by atoms with E-state index in [1.54, 1.807) is 0 Å². The van der Waals surface area contributed by atoms with E-state index in [1.807, 2.05) is 30.5 Å². The fourth-order valence-electron chi connectivity index (χ4n) is 2.72. The van der Waals surface area contributed by atoms with Gasteiger partial charge in [-0.3, -0.25) is 0 Å². The number of rotatable bonds is 10. The third-order valence-electron chi connectivity index (χ3n) is 3.87. The Hall–Kier alpha value is -1.87. The Bertz CT molecular complexity index is 566. The first kappa shape index (κ1) is 21.2. The first-order valence-corrected chi connectivity index (χ1v) is 9.17. The summed E-state index contributed by atoms with van der Waals surface area (Å²) in [5.74, 6) is 0.704. The van der Waals surface area contributed by atoms with Crippen molar-refractivity contribution in [3.8, 4) is 0 Å². The molecule has 0 aromatic heterocycles. The molecular weight excluding hydrogens is 311 g/mol. The van der Waals surface area contributed by atoms with Crippen molar-refractivity contribution < 1.29 is 4.39 Å². The van der Waals surface area contributed by atoms with Crippen LogP contribution in [0.4, 0.5) is 4.39 Å². The monoisotopic (exact) mass is 344 g/mol. The molecule has 0 amide bonds. The van der Waals surface area contributed by atoms with Crippen LogP contribution in [0.15, 0.2) is 60.3 Å². The minimum absolute atomic E-state index is 0.0714. The number of allylic oxidation sites excluding steroid dienone is 4. The number of hydrogen-bond donors (Lipinski definition) is 2. The van der Waals surface area contributed by atoms with Crippen LogP contribution in [-0.2, 0) is 0 Å². The fourth-order valence-corrected chi connectivity index (χ4v) is 2.72. The molecule has 25 heavy (non-hydrogen) atoms. The second kappa shape index (κ2) is 11.6. The summed E-state index contributed by atoms with van der Waals surface area (Å²) in [5, 5.41) is 0. The van der Waals surface area contributed by atoms with Gasteiger partial charge in [-0.2, -0.15) is 0 Å². The molecule has 3 heteroatoms. The lowest BCUT2D eigenvalue weighted by Crippen LogP contribution is -2.36. The van der Waals surface area contributed by atoms with Crippen LogP contribution in [0.1, 0.15) is 59.1 Å². The lowest BCUT2D eigenvalue weighted by Gasteiger charge is -2.28. The van der Waals surface area contributed by atoms with Crippen molar-refractivity contribution in [2.75, 3.05) is 0 Å². The van der Waals surface area contributed by atoms with Crippen LogP contribution in [0, 0.1) is 17.7 Å². The van der Waals surface area contributed by atoms with Crippen molar-refractivity contribution >= 4 is 0 Å². The van der Waals surface area contributed by atoms with Crippen molar-refractivity contribution in [2.24, 2.45) is 11.8 Å². The normalized spacial score (nSPS) is 14.2. The van der Waals surface area contributed by atoms with Crippen LogP contribution in [0.25, 0.3) is 0 Å². The third kappa shape index (κ3) is 8.69. The van der Waals surface area contributed by atoms with Gasteiger partial charge >= 0.3 is 0 Å². The van der Waals surface area contributed by atoms with Gasteiger partial charge in [0.25, 0.3) is 0 Å². The van der Waals surface area contributed by atoms with Crippen LogP contribution in [-0.4, -0.2) is 0 Å². The lowest BCUT2D eigenvalue weighted by molar-refractivity contribution is 0.342. The second-order valence-electron chi connectivity index (χ2n) is 7.05. The average molecular weight is 345 g/mol. The molecule has 0 fully saturated rings. The number of halogens is 1. The quantitative estimate of drug-likeness (QED) is 0.306. The van der Waals surface area contributed by atoms with Crippen LogP contribution < -0.4 is 10.9 Å². The SMILES string of the molecule is CC/C=C/C(CC(C)C)C(NN/C=C\C=C(C)C)c1ccc(F)cc1. The standard InChI is InChI=1S/C22H33FN2/c1-6-7-10-20(16-18(4)5)22(19-11-13-21(23)14-12-19)25-24-15-8-9-17(2)3/h7-15,18,20,22,24-25H,6,16H2,1-5H3/b10-7+,15-8-. The van der Waals surface area contributed by atoms with E-state index in [0.717, 1.165) is 18.4 Å². The molecule has 0 saturated heterocycles. The average Bonchev–Trinajstić information content (AvgIpc) is 2.55. The molecule has 1 rings (SSSR count). The van der Waals surface area contributed by atoms with Gasteiger partial charge in [0, 0.05) is 6.20 Å². The molecule has 2 atom stereocenters. The molecule has 2 N–H and O–H groups in total. The van der Waals surface area contributed by atoms with Gasteiger partial charge < -0.3 is 5.43 Å². The number of benzene rings is 1. The number of hydrazine groups is 1. The second-order valence-corrected chi connectivity index (χ2v) is 7.05. The Morgan fingerprint density at radius 2 is 1.84 bits per heavy atom. The molecule has 1 aromatic carbocycles. The fraction of sp³-hybridized carbons (Fsp3) is 0.455. The van der Waals surface area contributed by atoms with Gasteiger partial charge in [-0.15, -0.1) is 0 Å². The van der Waals surface area contributed by atoms with E-state index in [1.165, 1.54) is 17.7 Å². The minimum Gasteiger partial charge on any atom is -0.328 e. The van der Waals surface area contributed by atoms with Gasteiger partial charge in [0.15, 0.2) is 0 Å². The van der Waals surface area contributed by atoms with Crippen molar-refractivity contribution in [2.45, 2.75) is 53.5 Å². The Kier molecular flexibility index (Phi) is 9.86. The number of nitrogens with one attached hydrogen (secondary N) is 2. The van der Waals surface area contributed by atoms with Crippen LogP contribution in [0.5, 0.6) is 0 Å². The first-order valence-electron chi connectivity index (χ1n) is 9.17. The smallest absolute Gasteiger partial charge is 0.123 e. The molecule has 0 bridgehead atoms. The zero-order chi connectivity index (χ0) is 18.7. The summed E-state index contributed by atoms with van der Waals surface area (Å²) in [6.07, 6.45) is 12.5. The molecule has 0 radical (unpaired) electrons. The summed E-state index contributed by atoms with van der Waals surface area (Å²) in [4.78, 5) is 0. The number of hydrogen-bond acceptors (Lipinski definition) is 2. The van der Waals surface area contributed by atoms with E-state index in [0.29, 0.717) is 11.8 Å². The van der Waals surface area contributed by atoms with E-state index in [9.17, 15) is 4.39 Å². The van der Waals surface area contributed by atoms with Crippen molar-refractivity contribution in [3.63, 3.8) is 0 Å². The van der Waals surface area contributed by atoms with Crippen LogP contribution in [0.2, 0.25) is 0 Å². The predicted molar refractivity (Wildman–Crippen MR) is 106 cm³/mol. The topological polar surface area (TPSA) is 24.1 Å². The first-order chi connectivity index (χ1) is 11.9. The van der Waals surface area contributed by atoms with Gasteiger partial charge in [-0.05, 0) is 62.3 Å². The summed E-state index contributed by atoms with van der Waals surface area (Å²) < 4.78 is 13.3. The Morgan fingerprint density at radius 3 is 2.40 bits per heavy atom. The highest BCUT2D eigenvalue weighted by atomic mass is 19.1. The molecule has 0 spiro atoms. The molecule has 0 aliphatic carbocycles. The molecule has 1 aromatic rings. The van der Waals surface area contributed by atoms with Crippen molar-refractivity contribution in [1.82, 2.24) is 10.9 Å². The predicted octanol–water partition coefficient (Wildman–Crippen LogP) is 6.07.